The standard InChI is InChI=1S/C16H20FNO5/c1-22-10-16(15(20)21)6-3-7-18(9-16)14(19)11-4-5-13(23-2)12(17)8-11/h4-5,8H,3,6-7,9-10H2,1-2H3,(H,20,21). The Hall–Kier alpha value is -2.15. The van der Waals surface area contributed by atoms with Gasteiger partial charge in [-0.3, -0.25) is 9.59 Å². The maximum absolute atomic E-state index is 13.8. The quantitative estimate of drug-likeness (QED) is 0.893. The average molecular weight is 325 g/mol. The Kier molecular flexibility index (Phi) is 5.20. The van der Waals surface area contributed by atoms with Gasteiger partial charge in [0.2, 0.25) is 0 Å². The minimum Gasteiger partial charge on any atom is -0.494 e. The fourth-order valence-corrected chi connectivity index (χ4v) is 2.92. The monoisotopic (exact) mass is 325 g/mol. The minimum atomic E-state index is -1.12. The summed E-state index contributed by atoms with van der Waals surface area (Å²) in [7, 11) is 2.78. The summed E-state index contributed by atoms with van der Waals surface area (Å²) in [6.07, 6.45) is 0.997. The molecule has 0 spiro atoms. The predicted molar refractivity (Wildman–Crippen MR) is 80.0 cm³/mol. The van der Waals surface area contributed by atoms with Crippen molar-refractivity contribution in [2.24, 2.45) is 5.41 Å². The minimum absolute atomic E-state index is 0.0308. The van der Waals surface area contributed by atoms with Crippen molar-refractivity contribution in [2.45, 2.75) is 12.8 Å². The van der Waals surface area contributed by atoms with Crippen LogP contribution in [0.1, 0.15) is 23.2 Å². The number of amides is 1. The summed E-state index contributed by atoms with van der Waals surface area (Å²) in [4.78, 5) is 25.6. The molecule has 1 N–H and O–H groups in total. The molecule has 0 aliphatic carbocycles. The molecule has 7 heteroatoms. The first-order valence-electron chi connectivity index (χ1n) is 7.28. The number of rotatable bonds is 5. The first-order chi connectivity index (χ1) is 10.9. The Labute approximate surface area is 133 Å². The highest BCUT2D eigenvalue weighted by molar-refractivity contribution is 5.95. The second-order valence-corrected chi connectivity index (χ2v) is 5.70. The van der Waals surface area contributed by atoms with E-state index in [4.69, 9.17) is 9.47 Å². The number of ether oxygens (including phenoxy) is 2. The molecule has 1 atom stereocenters. The number of carbonyl (C=O) groups is 2. The van der Waals surface area contributed by atoms with Gasteiger partial charge in [-0.05, 0) is 31.0 Å². The zero-order valence-electron chi connectivity index (χ0n) is 13.2. The van der Waals surface area contributed by atoms with Gasteiger partial charge in [0.1, 0.15) is 5.41 Å². The van der Waals surface area contributed by atoms with Crippen LogP contribution in [0.25, 0.3) is 0 Å². The van der Waals surface area contributed by atoms with E-state index < -0.39 is 23.1 Å². The summed E-state index contributed by atoms with van der Waals surface area (Å²) in [5.74, 6) is -1.96. The number of nitrogens with zero attached hydrogens (tertiary/aromatic N) is 1. The van der Waals surface area contributed by atoms with Crippen LogP contribution in [-0.2, 0) is 9.53 Å². The second kappa shape index (κ2) is 6.95. The lowest BCUT2D eigenvalue weighted by Crippen LogP contribution is -2.52. The average Bonchev–Trinajstić information content (AvgIpc) is 2.54. The van der Waals surface area contributed by atoms with Crippen LogP contribution in [0.15, 0.2) is 18.2 Å². The molecule has 6 nitrogen and oxygen atoms in total. The first-order valence-corrected chi connectivity index (χ1v) is 7.28. The molecule has 1 aromatic rings. The largest absolute Gasteiger partial charge is 0.494 e. The van der Waals surface area contributed by atoms with Crippen LogP contribution in [0, 0.1) is 11.2 Å². The summed E-state index contributed by atoms with van der Waals surface area (Å²) in [6.45, 7) is 0.511. The first kappa shape index (κ1) is 17.2. The molecule has 1 unspecified atom stereocenters. The maximum atomic E-state index is 13.8. The van der Waals surface area contributed by atoms with Gasteiger partial charge in [0.25, 0.3) is 5.91 Å². The van der Waals surface area contributed by atoms with Crippen molar-refractivity contribution < 1.29 is 28.6 Å². The van der Waals surface area contributed by atoms with Crippen molar-refractivity contribution in [2.75, 3.05) is 33.9 Å². The zero-order valence-corrected chi connectivity index (χ0v) is 13.2. The number of carboxylic acid groups (broad SMARTS) is 1. The molecule has 1 saturated heterocycles. The SMILES string of the molecule is COCC1(C(=O)O)CCCN(C(=O)c2ccc(OC)c(F)c2)C1. The van der Waals surface area contributed by atoms with E-state index in [-0.39, 0.29) is 24.5 Å². The lowest BCUT2D eigenvalue weighted by atomic mass is 9.80. The molecule has 1 amide bonds. The molecule has 1 aromatic carbocycles. The van der Waals surface area contributed by atoms with Crippen LogP contribution in [0.4, 0.5) is 4.39 Å². The van der Waals surface area contributed by atoms with E-state index in [0.29, 0.717) is 19.4 Å². The highest BCUT2D eigenvalue weighted by Crippen LogP contribution is 2.32. The third-order valence-corrected chi connectivity index (χ3v) is 4.14. The van der Waals surface area contributed by atoms with Crippen LogP contribution >= 0.6 is 0 Å². The van der Waals surface area contributed by atoms with Crippen molar-refractivity contribution >= 4 is 11.9 Å². The molecule has 1 heterocycles. The predicted octanol–water partition coefficient (Wildman–Crippen LogP) is 1.79. The van der Waals surface area contributed by atoms with Gasteiger partial charge in [0, 0.05) is 25.8 Å². The number of piperidine rings is 1. The topological polar surface area (TPSA) is 76.1 Å². The van der Waals surface area contributed by atoms with Crippen molar-refractivity contribution in [3.63, 3.8) is 0 Å². The van der Waals surface area contributed by atoms with Gasteiger partial charge in [0.15, 0.2) is 11.6 Å². The van der Waals surface area contributed by atoms with Crippen molar-refractivity contribution in [3.8, 4) is 5.75 Å². The molecule has 1 fully saturated rings. The summed E-state index contributed by atoms with van der Waals surface area (Å²) < 4.78 is 23.6. The zero-order chi connectivity index (χ0) is 17.0. The normalized spacial score (nSPS) is 21.1. The highest BCUT2D eigenvalue weighted by Gasteiger charge is 2.44. The number of aliphatic carboxylic acids is 1. The maximum Gasteiger partial charge on any atom is 0.313 e. The summed E-state index contributed by atoms with van der Waals surface area (Å²) in [5.41, 5.74) is -0.949. The Balaban J connectivity index is 2.22. The van der Waals surface area contributed by atoms with E-state index in [1.807, 2.05) is 0 Å². The molecule has 23 heavy (non-hydrogen) atoms. The Bertz CT molecular complexity index is 602. The van der Waals surface area contributed by atoms with Gasteiger partial charge >= 0.3 is 5.97 Å². The van der Waals surface area contributed by atoms with E-state index in [9.17, 15) is 19.1 Å². The third-order valence-electron chi connectivity index (χ3n) is 4.14. The lowest BCUT2D eigenvalue weighted by molar-refractivity contribution is -0.155. The Morgan fingerprint density at radius 1 is 1.39 bits per heavy atom. The number of likely N-dealkylation sites (tertiary alicyclic amines) is 1. The van der Waals surface area contributed by atoms with Crippen LogP contribution in [0.5, 0.6) is 5.75 Å². The Morgan fingerprint density at radius 2 is 2.13 bits per heavy atom. The highest BCUT2D eigenvalue weighted by atomic mass is 19.1. The van der Waals surface area contributed by atoms with Gasteiger partial charge in [-0.15, -0.1) is 0 Å². The fourth-order valence-electron chi connectivity index (χ4n) is 2.92. The summed E-state index contributed by atoms with van der Waals surface area (Å²) in [6, 6.07) is 3.96. The van der Waals surface area contributed by atoms with E-state index in [1.54, 1.807) is 0 Å². The van der Waals surface area contributed by atoms with Crippen molar-refractivity contribution in [1.82, 2.24) is 4.90 Å². The Morgan fingerprint density at radius 3 is 2.70 bits per heavy atom. The molecule has 0 saturated carbocycles. The van der Waals surface area contributed by atoms with Crippen molar-refractivity contribution in [3.05, 3.63) is 29.6 Å². The van der Waals surface area contributed by atoms with Gasteiger partial charge in [-0.1, -0.05) is 0 Å². The molecule has 126 valence electrons. The van der Waals surface area contributed by atoms with E-state index in [0.717, 1.165) is 6.07 Å². The number of hydrogen-bond donors (Lipinski definition) is 1. The molecule has 1 aliphatic heterocycles. The molecular formula is C16H20FNO5. The molecule has 1 aliphatic rings. The number of benzene rings is 1. The molecule has 0 radical (unpaired) electrons. The van der Waals surface area contributed by atoms with Crippen molar-refractivity contribution in [1.29, 1.82) is 0 Å². The number of carbonyl (C=O) groups excluding carboxylic acids is 1. The van der Waals surface area contributed by atoms with Gasteiger partial charge in [0.05, 0.1) is 13.7 Å². The van der Waals surface area contributed by atoms with E-state index >= 15 is 0 Å². The van der Waals surface area contributed by atoms with Crippen LogP contribution in [0.2, 0.25) is 0 Å². The molecule has 0 aromatic heterocycles. The summed E-state index contributed by atoms with van der Waals surface area (Å²) >= 11 is 0. The number of methoxy groups -OCH3 is 2. The van der Waals surface area contributed by atoms with Gasteiger partial charge in [-0.25, -0.2) is 4.39 Å². The van der Waals surface area contributed by atoms with Gasteiger partial charge < -0.3 is 19.5 Å². The molecular weight excluding hydrogens is 305 g/mol. The molecule has 0 bridgehead atoms. The second-order valence-electron chi connectivity index (χ2n) is 5.70. The smallest absolute Gasteiger partial charge is 0.313 e. The van der Waals surface area contributed by atoms with E-state index in [1.165, 1.54) is 31.3 Å². The van der Waals surface area contributed by atoms with Crippen LogP contribution in [0.3, 0.4) is 0 Å². The van der Waals surface area contributed by atoms with Crippen LogP contribution in [-0.4, -0.2) is 55.8 Å². The fraction of sp³-hybridized carbons (Fsp3) is 0.500. The van der Waals surface area contributed by atoms with E-state index in [2.05, 4.69) is 0 Å². The number of halogens is 1. The molecule has 2 rings (SSSR count). The van der Waals surface area contributed by atoms with Crippen LogP contribution < -0.4 is 4.74 Å². The summed E-state index contributed by atoms with van der Waals surface area (Å²) in [5, 5.41) is 9.51. The number of carboxylic acids is 1. The number of hydrogen-bond acceptors (Lipinski definition) is 4. The van der Waals surface area contributed by atoms with Gasteiger partial charge in [-0.2, -0.15) is 0 Å². The third kappa shape index (κ3) is 3.44. The lowest BCUT2D eigenvalue weighted by Gasteiger charge is -2.39.